The van der Waals surface area contributed by atoms with E-state index in [-0.39, 0.29) is 0 Å². The fraction of sp³-hybridized carbons (Fsp3) is 0.647. The van der Waals surface area contributed by atoms with Gasteiger partial charge in [0.15, 0.2) is 0 Å². The minimum atomic E-state index is 0.633. The highest BCUT2D eigenvalue weighted by Crippen LogP contribution is 2.32. The third kappa shape index (κ3) is 3.56. The Morgan fingerprint density at radius 2 is 1.90 bits per heavy atom. The van der Waals surface area contributed by atoms with Crippen LogP contribution in [-0.2, 0) is 0 Å². The van der Waals surface area contributed by atoms with Gasteiger partial charge in [-0.05, 0) is 56.3 Å². The van der Waals surface area contributed by atoms with Gasteiger partial charge < -0.3 is 10.6 Å². The van der Waals surface area contributed by atoms with E-state index in [1.165, 1.54) is 57.2 Å². The molecule has 1 aromatic rings. The highest BCUT2D eigenvalue weighted by Gasteiger charge is 2.32. The van der Waals surface area contributed by atoms with Crippen molar-refractivity contribution in [3.63, 3.8) is 0 Å². The minimum absolute atomic E-state index is 0.633. The Morgan fingerprint density at radius 3 is 2.70 bits per heavy atom. The Labute approximate surface area is 130 Å². The Bertz CT molecular complexity index is 429. The van der Waals surface area contributed by atoms with Crippen molar-refractivity contribution < 1.29 is 0 Å². The van der Waals surface area contributed by atoms with Gasteiger partial charge in [0.25, 0.3) is 0 Å². The van der Waals surface area contributed by atoms with E-state index in [1.54, 1.807) is 0 Å². The van der Waals surface area contributed by atoms with Crippen LogP contribution < -0.4 is 10.6 Å². The molecule has 3 heteroatoms. The van der Waals surface area contributed by atoms with Crippen molar-refractivity contribution in [1.82, 2.24) is 5.32 Å². The van der Waals surface area contributed by atoms with Crippen molar-refractivity contribution in [2.75, 3.05) is 11.9 Å². The van der Waals surface area contributed by atoms with Crippen LogP contribution in [0.4, 0.5) is 5.69 Å². The molecule has 0 radical (unpaired) electrons. The van der Waals surface area contributed by atoms with Gasteiger partial charge in [-0.2, -0.15) is 0 Å². The van der Waals surface area contributed by atoms with Gasteiger partial charge in [0.05, 0.1) is 0 Å². The summed E-state index contributed by atoms with van der Waals surface area (Å²) in [6.45, 7) is 1.21. The Kier molecular flexibility index (Phi) is 5.00. The monoisotopic (exact) mass is 336 g/mol. The van der Waals surface area contributed by atoms with Gasteiger partial charge in [-0.1, -0.05) is 41.3 Å². The molecule has 0 aromatic heterocycles. The van der Waals surface area contributed by atoms with Crippen molar-refractivity contribution in [2.24, 2.45) is 5.92 Å². The molecule has 0 amide bonds. The van der Waals surface area contributed by atoms with Crippen molar-refractivity contribution in [3.05, 3.63) is 28.7 Å². The van der Waals surface area contributed by atoms with Crippen LogP contribution in [0.25, 0.3) is 0 Å². The summed E-state index contributed by atoms with van der Waals surface area (Å²) in [5.74, 6) is 0.794. The van der Waals surface area contributed by atoms with Gasteiger partial charge in [-0.25, -0.2) is 0 Å². The molecule has 1 saturated heterocycles. The van der Waals surface area contributed by atoms with E-state index in [0.717, 1.165) is 16.4 Å². The molecule has 2 N–H and O–H groups in total. The quantitative estimate of drug-likeness (QED) is 0.845. The van der Waals surface area contributed by atoms with Crippen molar-refractivity contribution in [3.8, 4) is 0 Å². The third-order valence-electron chi connectivity index (χ3n) is 4.86. The molecule has 110 valence electrons. The molecule has 3 atom stereocenters. The first-order valence-electron chi connectivity index (χ1n) is 8.08. The first kappa shape index (κ1) is 14.4. The second-order valence-electron chi connectivity index (χ2n) is 6.27. The summed E-state index contributed by atoms with van der Waals surface area (Å²) in [4.78, 5) is 0. The zero-order valence-electron chi connectivity index (χ0n) is 12.1. The van der Waals surface area contributed by atoms with Crippen LogP contribution in [0.15, 0.2) is 28.7 Å². The summed E-state index contributed by atoms with van der Waals surface area (Å²) in [7, 11) is 0. The second kappa shape index (κ2) is 6.95. The number of hydrogen-bond donors (Lipinski definition) is 2. The van der Waals surface area contributed by atoms with E-state index in [9.17, 15) is 0 Å². The molecule has 0 bridgehead atoms. The van der Waals surface area contributed by atoms with E-state index in [0.29, 0.717) is 6.04 Å². The minimum Gasteiger partial charge on any atom is -0.382 e. The molecule has 2 nitrogen and oxygen atoms in total. The van der Waals surface area contributed by atoms with E-state index in [1.807, 2.05) is 0 Å². The highest BCUT2D eigenvalue weighted by atomic mass is 79.9. The molecule has 1 saturated carbocycles. The predicted octanol–water partition coefficient (Wildman–Crippen LogP) is 4.56. The number of piperidine rings is 1. The summed E-state index contributed by atoms with van der Waals surface area (Å²) < 4.78 is 1.16. The van der Waals surface area contributed by atoms with Crippen LogP contribution in [0.5, 0.6) is 0 Å². The molecule has 1 aliphatic heterocycles. The van der Waals surface area contributed by atoms with E-state index in [2.05, 4.69) is 50.8 Å². The van der Waals surface area contributed by atoms with Gasteiger partial charge >= 0.3 is 0 Å². The normalized spacial score (nSPS) is 30.9. The Balaban J connectivity index is 1.68. The number of hydrogen-bond acceptors (Lipinski definition) is 2. The number of rotatable bonds is 3. The second-order valence-corrected chi connectivity index (χ2v) is 7.18. The Morgan fingerprint density at radius 1 is 1.05 bits per heavy atom. The topological polar surface area (TPSA) is 24.1 Å². The molecule has 20 heavy (non-hydrogen) atoms. The van der Waals surface area contributed by atoms with Gasteiger partial charge in [-0.3, -0.25) is 0 Å². The SMILES string of the molecule is Brc1cccc(NC2CCCCC2C2CCCCN2)c1. The number of halogens is 1. The summed E-state index contributed by atoms with van der Waals surface area (Å²) in [6, 6.07) is 9.95. The maximum atomic E-state index is 3.80. The molecule has 1 aromatic carbocycles. The number of anilines is 1. The lowest BCUT2D eigenvalue weighted by Crippen LogP contribution is -2.48. The summed E-state index contributed by atoms with van der Waals surface area (Å²) in [5.41, 5.74) is 1.26. The largest absolute Gasteiger partial charge is 0.382 e. The van der Waals surface area contributed by atoms with Crippen LogP contribution in [0.3, 0.4) is 0 Å². The average molecular weight is 337 g/mol. The van der Waals surface area contributed by atoms with Crippen molar-refractivity contribution in [2.45, 2.75) is 57.0 Å². The van der Waals surface area contributed by atoms with Gasteiger partial charge in [0.1, 0.15) is 0 Å². The van der Waals surface area contributed by atoms with E-state index in [4.69, 9.17) is 0 Å². The summed E-state index contributed by atoms with van der Waals surface area (Å²) in [6.07, 6.45) is 9.58. The van der Waals surface area contributed by atoms with Crippen molar-refractivity contribution in [1.29, 1.82) is 0 Å². The van der Waals surface area contributed by atoms with Gasteiger partial charge in [-0.15, -0.1) is 0 Å². The van der Waals surface area contributed by atoms with E-state index < -0.39 is 0 Å². The molecule has 1 aliphatic carbocycles. The van der Waals surface area contributed by atoms with Gasteiger partial charge in [0.2, 0.25) is 0 Å². The zero-order chi connectivity index (χ0) is 13.8. The fourth-order valence-electron chi connectivity index (χ4n) is 3.86. The first-order valence-corrected chi connectivity index (χ1v) is 8.88. The maximum absolute atomic E-state index is 3.80. The molecule has 3 unspecified atom stereocenters. The Hall–Kier alpha value is -0.540. The molecule has 2 fully saturated rings. The third-order valence-corrected chi connectivity index (χ3v) is 5.35. The molecular formula is C17H25BrN2. The maximum Gasteiger partial charge on any atom is 0.0353 e. The lowest BCUT2D eigenvalue weighted by atomic mass is 9.77. The summed E-state index contributed by atoms with van der Waals surface area (Å²) in [5, 5.41) is 7.57. The lowest BCUT2D eigenvalue weighted by Gasteiger charge is -2.40. The number of nitrogens with one attached hydrogen (secondary N) is 2. The summed E-state index contributed by atoms with van der Waals surface area (Å²) >= 11 is 3.57. The lowest BCUT2D eigenvalue weighted by molar-refractivity contribution is 0.217. The average Bonchev–Trinajstić information content (AvgIpc) is 2.49. The smallest absolute Gasteiger partial charge is 0.0353 e. The van der Waals surface area contributed by atoms with E-state index >= 15 is 0 Å². The highest BCUT2D eigenvalue weighted by molar-refractivity contribution is 9.10. The molecule has 0 spiro atoms. The zero-order valence-corrected chi connectivity index (χ0v) is 13.7. The van der Waals surface area contributed by atoms with Crippen molar-refractivity contribution >= 4 is 21.6 Å². The molecular weight excluding hydrogens is 312 g/mol. The van der Waals surface area contributed by atoms with Gasteiger partial charge in [0, 0.05) is 22.2 Å². The predicted molar refractivity (Wildman–Crippen MR) is 89.2 cm³/mol. The van der Waals surface area contributed by atoms with Crippen LogP contribution in [0, 0.1) is 5.92 Å². The molecule has 1 heterocycles. The molecule has 3 rings (SSSR count). The molecule has 2 aliphatic rings. The van der Waals surface area contributed by atoms with Crippen LogP contribution in [0.1, 0.15) is 44.9 Å². The van der Waals surface area contributed by atoms with Crippen LogP contribution in [-0.4, -0.2) is 18.6 Å². The van der Waals surface area contributed by atoms with Crippen LogP contribution >= 0.6 is 15.9 Å². The standard InChI is InChI=1S/C17H25BrN2/c18-13-6-5-7-14(12-13)20-17-10-2-1-8-15(17)16-9-3-4-11-19-16/h5-7,12,15-17,19-20H,1-4,8-11H2. The fourth-order valence-corrected chi connectivity index (χ4v) is 4.26. The van der Waals surface area contributed by atoms with Crippen LogP contribution in [0.2, 0.25) is 0 Å². The number of benzene rings is 1. The first-order chi connectivity index (χ1) is 9.83.